The van der Waals surface area contributed by atoms with Gasteiger partial charge in [0.15, 0.2) is 0 Å². The van der Waals surface area contributed by atoms with Gasteiger partial charge in [-0.15, -0.1) is 11.3 Å². The first-order chi connectivity index (χ1) is 10.4. The van der Waals surface area contributed by atoms with Gasteiger partial charge in [-0.1, -0.05) is 0 Å². The zero-order valence-corrected chi connectivity index (χ0v) is 13.1. The highest BCUT2D eigenvalue weighted by molar-refractivity contribution is 7.89. The van der Waals surface area contributed by atoms with E-state index < -0.39 is 10.0 Å². The molecule has 2 aromatic rings. The van der Waals surface area contributed by atoms with Crippen molar-refractivity contribution in [2.75, 3.05) is 6.54 Å². The van der Waals surface area contributed by atoms with Crippen LogP contribution >= 0.6 is 11.3 Å². The number of nitrogens with two attached hydrogens (primary N) is 1. The van der Waals surface area contributed by atoms with Crippen molar-refractivity contribution in [1.29, 1.82) is 0 Å². The van der Waals surface area contributed by atoms with E-state index in [0.29, 0.717) is 25.3 Å². The maximum atomic E-state index is 12.6. The van der Waals surface area contributed by atoms with E-state index in [1.165, 1.54) is 11.4 Å². The minimum Gasteiger partial charge on any atom is -0.390 e. The average molecular weight is 342 g/mol. The third-order valence-corrected chi connectivity index (χ3v) is 5.41. The Hall–Kier alpha value is -1.75. The molecule has 8 nitrogen and oxygen atoms in total. The summed E-state index contributed by atoms with van der Waals surface area (Å²) in [7, 11) is -3.92. The highest BCUT2D eigenvalue weighted by atomic mass is 32.2. The van der Waals surface area contributed by atoms with E-state index in [1.54, 1.807) is 15.6 Å². The number of carbonyl (C=O) groups excluding carboxylic acids is 1. The van der Waals surface area contributed by atoms with Crippen LogP contribution in [0.4, 0.5) is 0 Å². The van der Waals surface area contributed by atoms with Crippen molar-refractivity contribution in [3.63, 3.8) is 0 Å². The fourth-order valence-electron chi connectivity index (χ4n) is 2.40. The van der Waals surface area contributed by atoms with Gasteiger partial charge in [0.1, 0.15) is 9.77 Å². The number of thiophene rings is 1. The standard InChI is InChI=1S/C12H14N4O4S2/c13-22(19,20)10-1-4-21-11(10)12(18)15-2-3-16-9(6-15)5-8(7-17)14-16/h1,4-5,17H,2-3,6-7H2,(H2,13,19,20). The molecule has 1 aliphatic rings. The van der Waals surface area contributed by atoms with Crippen LogP contribution in [0.25, 0.3) is 0 Å². The van der Waals surface area contributed by atoms with Crippen LogP contribution in [-0.4, -0.2) is 40.7 Å². The second-order valence-electron chi connectivity index (χ2n) is 4.89. The number of aliphatic hydroxyl groups excluding tert-OH is 1. The molecule has 0 radical (unpaired) electrons. The number of hydrogen-bond acceptors (Lipinski definition) is 6. The summed E-state index contributed by atoms with van der Waals surface area (Å²) < 4.78 is 24.8. The lowest BCUT2D eigenvalue weighted by atomic mass is 10.2. The lowest BCUT2D eigenvalue weighted by Crippen LogP contribution is -2.38. The number of fused-ring (bicyclic) bond motifs is 1. The number of hydrogen-bond donors (Lipinski definition) is 2. The SMILES string of the molecule is NS(=O)(=O)c1ccsc1C(=O)N1CCn2nc(CO)cc2C1. The Balaban J connectivity index is 1.87. The van der Waals surface area contributed by atoms with Gasteiger partial charge in [-0.25, -0.2) is 13.6 Å². The second-order valence-corrected chi connectivity index (χ2v) is 7.34. The summed E-state index contributed by atoms with van der Waals surface area (Å²) in [5.41, 5.74) is 1.35. The Kier molecular flexibility index (Phi) is 3.77. The van der Waals surface area contributed by atoms with Crippen molar-refractivity contribution in [2.24, 2.45) is 5.14 Å². The molecule has 118 valence electrons. The summed E-state index contributed by atoms with van der Waals surface area (Å²) in [6.45, 7) is 1.07. The molecule has 3 rings (SSSR count). The molecule has 1 aliphatic heterocycles. The van der Waals surface area contributed by atoms with E-state index in [9.17, 15) is 13.2 Å². The molecule has 0 bridgehead atoms. The smallest absolute Gasteiger partial charge is 0.265 e. The fraction of sp³-hybridized carbons (Fsp3) is 0.333. The van der Waals surface area contributed by atoms with E-state index in [-0.39, 0.29) is 22.3 Å². The van der Waals surface area contributed by atoms with Crippen LogP contribution in [0.5, 0.6) is 0 Å². The highest BCUT2D eigenvalue weighted by Gasteiger charge is 2.28. The van der Waals surface area contributed by atoms with Gasteiger partial charge in [-0.05, 0) is 17.5 Å². The maximum absolute atomic E-state index is 12.6. The van der Waals surface area contributed by atoms with Crippen LogP contribution in [0.1, 0.15) is 21.1 Å². The van der Waals surface area contributed by atoms with E-state index in [4.69, 9.17) is 10.2 Å². The van der Waals surface area contributed by atoms with Crippen molar-refractivity contribution in [3.8, 4) is 0 Å². The summed E-state index contributed by atoms with van der Waals surface area (Å²) >= 11 is 1.06. The first-order valence-corrected chi connectivity index (χ1v) is 8.89. The molecule has 0 aromatic carbocycles. The molecule has 0 saturated heterocycles. The number of primary sulfonamides is 1. The second kappa shape index (κ2) is 5.47. The number of amides is 1. The van der Waals surface area contributed by atoms with Crippen LogP contribution in [0.2, 0.25) is 0 Å². The molecule has 0 aliphatic carbocycles. The fourth-order valence-corrected chi connectivity index (χ4v) is 4.33. The van der Waals surface area contributed by atoms with Gasteiger partial charge < -0.3 is 10.0 Å². The highest BCUT2D eigenvalue weighted by Crippen LogP contribution is 2.24. The van der Waals surface area contributed by atoms with Gasteiger partial charge in [-0.3, -0.25) is 9.48 Å². The quantitative estimate of drug-likeness (QED) is 0.797. The molecule has 22 heavy (non-hydrogen) atoms. The molecule has 1 amide bonds. The number of aliphatic hydroxyl groups is 1. The Labute approximate surface area is 130 Å². The third kappa shape index (κ3) is 2.65. The van der Waals surface area contributed by atoms with Crippen molar-refractivity contribution in [1.82, 2.24) is 14.7 Å². The summed E-state index contributed by atoms with van der Waals surface area (Å²) in [5, 5.41) is 20.0. The first-order valence-electron chi connectivity index (χ1n) is 6.46. The predicted octanol–water partition coefficient (Wildman–Crippen LogP) is -0.260. The minimum absolute atomic E-state index is 0.123. The topological polar surface area (TPSA) is 119 Å². The summed E-state index contributed by atoms with van der Waals surface area (Å²) in [4.78, 5) is 14.1. The van der Waals surface area contributed by atoms with Crippen molar-refractivity contribution in [3.05, 3.63) is 33.8 Å². The molecule has 0 atom stereocenters. The molecular weight excluding hydrogens is 328 g/mol. The van der Waals surface area contributed by atoms with E-state index >= 15 is 0 Å². The van der Waals surface area contributed by atoms with Gasteiger partial charge in [0.2, 0.25) is 10.0 Å². The molecule has 10 heteroatoms. The van der Waals surface area contributed by atoms with Crippen LogP contribution in [0.15, 0.2) is 22.4 Å². The van der Waals surface area contributed by atoms with Gasteiger partial charge >= 0.3 is 0 Å². The van der Waals surface area contributed by atoms with Crippen molar-refractivity contribution in [2.45, 2.75) is 24.6 Å². The number of aromatic nitrogens is 2. The molecule has 3 heterocycles. The van der Waals surface area contributed by atoms with E-state index in [0.717, 1.165) is 17.0 Å². The lowest BCUT2D eigenvalue weighted by Gasteiger charge is -2.27. The predicted molar refractivity (Wildman–Crippen MR) is 78.6 cm³/mol. The van der Waals surface area contributed by atoms with Gasteiger partial charge in [0.25, 0.3) is 5.91 Å². The Morgan fingerprint density at radius 2 is 2.23 bits per heavy atom. The molecular formula is C12H14N4O4S2. The Morgan fingerprint density at radius 3 is 2.91 bits per heavy atom. The lowest BCUT2D eigenvalue weighted by molar-refractivity contribution is 0.0707. The van der Waals surface area contributed by atoms with Crippen LogP contribution < -0.4 is 5.14 Å². The molecule has 0 unspecified atom stereocenters. The van der Waals surface area contributed by atoms with Gasteiger partial charge in [0.05, 0.1) is 31.1 Å². The van der Waals surface area contributed by atoms with Crippen LogP contribution in [0.3, 0.4) is 0 Å². The maximum Gasteiger partial charge on any atom is 0.265 e. The molecule has 0 spiro atoms. The minimum atomic E-state index is -3.92. The van der Waals surface area contributed by atoms with E-state index in [2.05, 4.69) is 5.10 Å². The third-order valence-electron chi connectivity index (χ3n) is 3.43. The summed E-state index contributed by atoms with van der Waals surface area (Å²) in [5.74, 6) is -0.364. The number of carbonyl (C=O) groups is 1. The molecule has 0 saturated carbocycles. The zero-order valence-electron chi connectivity index (χ0n) is 11.5. The number of nitrogens with zero attached hydrogens (tertiary/aromatic N) is 3. The monoisotopic (exact) mass is 342 g/mol. The zero-order chi connectivity index (χ0) is 15.9. The number of sulfonamides is 1. The first kappa shape index (κ1) is 15.2. The average Bonchev–Trinajstić information content (AvgIpc) is 3.11. The summed E-state index contributed by atoms with van der Waals surface area (Å²) in [6, 6.07) is 3.07. The molecule has 0 fully saturated rings. The Morgan fingerprint density at radius 1 is 1.45 bits per heavy atom. The largest absolute Gasteiger partial charge is 0.390 e. The normalized spacial score (nSPS) is 14.9. The van der Waals surface area contributed by atoms with Crippen LogP contribution in [-0.2, 0) is 29.7 Å². The van der Waals surface area contributed by atoms with E-state index in [1.807, 2.05) is 0 Å². The van der Waals surface area contributed by atoms with Crippen molar-refractivity contribution >= 4 is 27.3 Å². The summed E-state index contributed by atoms with van der Waals surface area (Å²) in [6.07, 6.45) is 0. The Bertz CT molecular complexity index is 824. The van der Waals surface area contributed by atoms with Gasteiger partial charge in [0, 0.05) is 6.54 Å². The molecule has 2 aromatic heterocycles. The molecule has 3 N–H and O–H groups in total. The van der Waals surface area contributed by atoms with Crippen molar-refractivity contribution < 1.29 is 18.3 Å². The number of rotatable bonds is 3. The van der Waals surface area contributed by atoms with Crippen LogP contribution in [0, 0.1) is 0 Å². The van der Waals surface area contributed by atoms with Gasteiger partial charge in [-0.2, -0.15) is 5.10 Å².